The minimum atomic E-state index is -4.46. The third-order valence-corrected chi connectivity index (χ3v) is 6.31. The Balaban J connectivity index is 1.63. The Morgan fingerprint density at radius 2 is 1.71 bits per heavy atom. The van der Waals surface area contributed by atoms with Crippen molar-refractivity contribution in [3.63, 3.8) is 0 Å². The summed E-state index contributed by atoms with van der Waals surface area (Å²) in [7, 11) is -2.74. The highest BCUT2D eigenvalue weighted by atomic mass is 32.2. The smallest absolute Gasteiger partial charge is 0.264 e. The summed E-state index contributed by atoms with van der Waals surface area (Å²) in [4.78, 5) is 11.7. The number of halogens is 4. The standard InChI is InChI=1S/C24H16F4N2O4S/c1-30-13-14(5-10-23(31)29-35(32,33)16-7-8-17(26)18(27)12-16)24-20(30)3-2-4-22(24)34-21-9-6-15(25)11-19(21)28/h2-13H,1H3,(H,29,31)/b10-5+. The van der Waals surface area contributed by atoms with Crippen LogP contribution in [-0.4, -0.2) is 18.9 Å². The Kier molecular flexibility index (Phi) is 6.35. The molecule has 6 nitrogen and oxygen atoms in total. The van der Waals surface area contributed by atoms with Crippen LogP contribution in [0.15, 0.2) is 71.8 Å². The van der Waals surface area contributed by atoms with Crippen molar-refractivity contribution in [1.29, 1.82) is 0 Å². The van der Waals surface area contributed by atoms with E-state index in [1.54, 1.807) is 40.7 Å². The predicted molar refractivity (Wildman–Crippen MR) is 120 cm³/mol. The molecule has 1 N–H and O–H groups in total. The normalized spacial score (nSPS) is 11.8. The minimum Gasteiger partial charge on any atom is -0.454 e. The SMILES string of the molecule is Cn1cc(/C=C/C(=O)NS(=O)(=O)c2ccc(F)c(F)c2)c2c(Oc3ccc(F)cc3F)cccc21. The molecule has 0 unspecified atom stereocenters. The second-order valence-electron chi connectivity index (χ2n) is 7.40. The van der Waals surface area contributed by atoms with Gasteiger partial charge in [-0.3, -0.25) is 4.79 Å². The third kappa shape index (κ3) is 5.04. The number of benzene rings is 3. The molecule has 11 heteroatoms. The summed E-state index contributed by atoms with van der Waals surface area (Å²) in [6.45, 7) is 0. The Hall–Kier alpha value is -4.12. The van der Waals surface area contributed by atoms with Gasteiger partial charge < -0.3 is 9.30 Å². The summed E-state index contributed by atoms with van der Waals surface area (Å²) in [5, 5.41) is 0.478. The number of sulfonamides is 1. The fourth-order valence-corrected chi connectivity index (χ4v) is 4.33. The van der Waals surface area contributed by atoms with E-state index in [0.29, 0.717) is 34.7 Å². The number of amides is 1. The van der Waals surface area contributed by atoms with Crippen LogP contribution in [0.1, 0.15) is 5.56 Å². The zero-order valence-electron chi connectivity index (χ0n) is 17.9. The van der Waals surface area contributed by atoms with Crippen molar-refractivity contribution < 1.29 is 35.5 Å². The average molecular weight is 504 g/mol. The molecule has 0 atom stereocenters. The van der Waals surface area contributed by atoms with E-state index in [-0.39, 0.29) is 11.5 Å². The van der Waals surface area contributed by atoms with Gasteiger partial charge in [-0.2, -0.15) is 0 Å². The molecule has 0 radical (unpaired) electrons. The molecule has 0 saturated heterocycles. The Labute approximate surface area is 197 Å². The molecular formula is C24H16F4N2O4S. The lowest BCUT2D eigenvalue weighted by molar-refractivity contribution is -0.114. The van der Waals surface area contributed by atoms with E-state index >= 15 is 0 Å². The summed E-state index contributed by atoms with van der Waals surface area (Å²) >= 11 is 0. The number of nitrogens with zero attached hydrogens (tertiary/aromatic N) is 1. The number of aromatic nitrogens is 1. The topological polar surface area (TPSA) is 77.4 Å². The van der Waals surface area contributed by atoms with Crippen molar-refractivity contribution in [3.8, 4) is 11.5 Å². The van der Waals surface area contributed by atoms with E-state index in [1.165, 1.54) is 6.08 Å². The van der Waals surface area contributed by atoms with Crippen molar-refractivity contribution in [2.45, 2.75) is 4.90 Å². The van der Waals surface area contributed by atoms with Gasteiger partial charge in [0, 0.05) is 36.3 Å². The molecule has 4 aromatic rings. The molecule has 0 bridgehead atoms. The highest BCUT2D eigenvalue weighted by Gasteiger charge is 2.19. The van der Waals surface area contributed by atoms with E-state index in [0.717, 1.165) is 24.3 Å². The second-order valence-corrected chi connectivity index (χ2v) is 9.08. The molecule has 0 saturated carbocycles. The lowest BCUT2D eigenvalue weighted by Crippen LogP contribution is -2.29. The number of carbonyl (C=O) groups excluding carboxylic acids is 1. The van der Waals surface area contributed by atoms with Crippen molar-refractivity contribution >= 4 is 32.9 Å². The first-order valence-corrected chi connectivity index (χ1v) is 11.4. The molecule has 1 heterocycles. The number of ether oxygens (including phenoxy) is 1. The van der Waals surface area contributed by atoms with Gasteiger partial charge in [0.1, 0.15) is 11.6 Å². The van der Waals surface area contributed by atoms with E-state index in [2.05, 4.69) is 0 Å². The van der Waals surface area contributed by atoms with Crippen LogP contribution in [0.25, 0.3) is 17.0 Å². The van der Waals surface area contributed by atoms with Crippen LogP contribution in [0.4, 0.5) is 17.6 Å². The van der Waals surface area contributed by atoms with Gasteiger partial charge >= 0.3 is 0 Å². The maximum Gasteiger partial charge on any atom is 0.264 e. The van der Waals surface area contributed by atoms with Gasteiger partial charge in [-0.1, -0.05) is 6.07 Å². The van der Waals surface area contributed by atoms with E-state index in [9.17, 15) is 30.8 Å². The highest BCUT2D eigenvalue weighted by molar-refractivity contribution is 7.90. The number of fused-ring (bicyclic) bond motifs is 1. The molecule has 3 aromatic carbocycles. The molecule has 0 spiro atoms. The molecule has 1 aromatic heterocycles. The molecule has 4 rings (SSSR count). The van der Waals surface area contributed by atoms with Crippen LogP contribution >= 0.6 is 0 Å². The number of rotatable bonds is 6. The summed E-state index contributed by atoms with van der Waals surface area (Å²) in [5.74, 6) is -5.33. The Morgan fingerprint density at radius 1 is 0.943 bits per heavy atom. The molecule has 0 aliphatic heterocycles. The maximum absolute atomic E-state index is 14.1. The maximum atomic E-state index is 14.1. The van der Waals surface area contributed by atoms with Gasteiger partial charge in [-0.05, 0) is 48.5 Å². The van der Waals surface area contributed by atoms with Crippen molar-refractivity contribution in [3.05, 3.63) is 95.7 Å². The van der Waals surface area contributed by atoms with Gasteiger partial charge in [0.2, 0.25) is 0 Å². The van der Waals surface area contributed by atoms with E-state index in [4.69, 9.17) is 4.74 Å². The molecule has 35 heavy (non-hydrogen) atoms. The first-order valence-electron chi connectivity index (χ1n) is 9.96. The van der Waals surface area contributed by atoms with Crippen LogP contribution in [-0.2, 0) is 21.9 Å². The van der Waals surface area contributed by atoms with Crippen LogP contribution < -0.4 is 9.46 Å². The number of aryl methyl sites for hydroxylation is 1. The largest absolute Gasteiger partial charge is 0.454 e. The lowest BCUT2D eigenvalue weighted by atomic mass is 10.1. The van der Waals surface area contributed by atoms with Gasteiger partial charge in [0.15, 0.2) is 23.2 Å². The van der Waals surface area contributed by atoms with Gasteiger partial charge in [0.25, 0.3) is 15.9 Å². The highest BCUT2D eigenvalue weighted by Crippen LogP contribution is 2.35. The summed E-state index contributed by atoms with van der Waals surface area (Å²) < 4.78 is 87.5. The second kappa shape index (κ2) is 9.26. The summed E-state index contributed by atoms with van der Waals surface area (Å²) in [6.07, 6.45) is 3.87. The number of carbonyl (C=O) groups is 1. The number of hydrogen-bond donors (Lipinski definition) is 1. The Bertz CT molecular complexity index is 1600. The monoisotopic (exact) mass is 504 g/mol. The van der Waals surface area contributed by atoms with Crippen LogP contribution in [0.2, 0.25) is 0 Å². The first kappa shape index (κ1) is 24.0. The summed E-state index contributed by atoms with van der Waals surface area (Å²) in [6, 6.07) is 9.72. The van der Waals surface area contributed by atoms with Crippen molar-refractivity contribution in [2.75, 3.05) is 0 Å². The van der Waals surface area contributed by atoms with Crippen LogP contribution in [0.5, 0.6) is 11.5 Å². The van der Waals surface area contributed by atoms with Crippen LogP contribution in [0.3, 0.4) is 0 Å². The quantitative estimate of drug-likeness (QED) is 0.295. The molecule has 1 amide bonds. The number of nitrogens with one attached hydrogen (secondary N) is 1. The average Bonchev–Trinajstić information content (AvgIpc) is 3.12. The zero-order valence-corrected chi connectivity index (χ0v) is 18.7. The molecule has 0 aliphatic carbocycles. The van der Waals surface area contributed by atoms with E-state index in [1.807, 2.05) is 0 Å². The molecular weight excluding hydrogens is 488 g/mol. The summed E-state index contributed by atoms with van der Waals surface area (Å²) in [5.41, 5.74) is 1.08. The van der Waals surface area contributed by atoms with Gasteiger partial charge in [-0.25, -0.2) is 30.7 Å². The third-order valence-electron chi connectivity index (χ3n) is 4.97. The molecule has 180 valence electrons. The first-order chi connectivity index (χ1) is 16.5. The van der Waals surface area contributed by atoms with Crippen molar-refractivity contribution in [2.24, 2.45) is 7.05 Å². The predicted octanol–water partition coefficient (Wildman–Crippen LogP) is 5.05. The Morgan fingerprint density at radius 3 is 2.43 bits per heavy atom. The number of hydrogen-bond acceptors (Lipinski definition) is 4. The van der Waals surface area contributed by atoms with Gasteiger partial charge in [0.05, 0.1) is 10.4 Å². The fourth-order valence-electron chi connectivity index (χ4n) is 3.37. The lowest BCUT2D eigenvalue weighted by Gasteiger charge is -2.09. The van der Waals surface area contributed by atoms with E-state index < -0.39 is 44.1 Å². The van der Waals surface area contributed by atoms with Gasteiger partial charge in [-0.15, -0.1) is 0 Å². The molecule has 0 fully saturated rings. The van der Waals surface area contributed by atoms with Crippen molar-refractivity contribution in [1.82, 2.24) is 9.29 Å². The zero-order chi connectivity index (χ0) is 25.3. The fraction of sp³-hybridized carbons (Fsp3) is 0.0417. The van der Waals surface area contributed by atoms with Crippen LogP contribution in [0, 0.1) is 23.3 Å². The minimum absolute atomic E-state index is 0.211. The molecule has 0 aliphatic rings.